The zero-order valence-electron chi connectivity index (χ0n) is 13.2. The number of carbonyl (C=O) groups excluding carboxylic acids is 1. The molecule has 8 heteroatoms. The molecule has 0 aromatic carbocycles. The van der Waals surface area contributed by atoms with Crippen LogP contribution in [0, 0.1) is 0 Å². The lowest BCUT2D eigenvalue weighted by atomic mass is 10.1. The first-order valence-corrected chi connectivity index (χ1v) is 7.52. The Morgan fingerprint density at radius 1 is 1.43 bits per heavy atom. The van der Waals surface area contributed by atoms with E-state index in [1.54, 1.807) is 29.9 Å². The van der Waals surface area contributed by atoms with Crippen molar-refractivity contribution in [2.45, 2.75) is 31.8 Å². The number of nitrogens with one attached hydrogen (secondary N) is 1. The Kier molecular flexibility index (Phi) is 4.14. The normalized spacial score (nSPS) is 17.2. The lowest BCUT2D eigenvalue weighted by Crippen LogP contribution is -2.36. The SMILES string of the molecule is COc1ncccc1C(=O)NC1CCc2nn(C)c(=O)n2CC1. The van der Waals surface area contributed by atoms with Crippen LogP contribution in [0.25, 0.3) is 0 Å². The van der Waals surface area contributed by atoms with Gasteiger partial charge in [-0.2, -0.15) is 5.10 Å². The smallest absolute Gasteiger partial charge is 0.345 e. The summed E-state index contributed by atoms with van der Waals surface area (Å²) < 4.78 is 8.15. The second-order valence-electron chi connectivity index (χ2n) is 5.53. The zero-order chi connectivity index (χ0) is 16.4. The van der Waals surface area contributed by atoms with Gasteiger partial charge >= 0.3 is 5.69 Å². The molecule has 0 radical (unpaired) electrons. The van der Waals surface area contributed by atoms with Gasteiger partial charge in [0.25, 0.3) is 5.91 Å². The van der Waals surface area contributed by atoms with Crippen molar-refractivity contribution in [3.05, 3.63) is 40.2 Å². The van der Waals surface area contributed by atoms with Gasteiger partial charge in [0.2, 0.25) is 5.88 Å². The van der Waals surface area contributed by atoms with Gasteiger partial charge in [-0.05, 0) is 25.0 Å². The molecule has 0 fully saturated rings. The van der Waals surface area contributed by atoms with E-state index in [1.807, 2.05) is 0 Å². The molecule has 0 saturated heterocycles. The van der Waals surface area contributed by atoms with E-state index in [2.05, 4.69) is 15.4 Å². The van der Waals surface area contributed by atoms with Crippen LogP contribution in [0.4, 0.5) is 0 Å². The van der Waals surface area contributed by atoms with Crippen LogP contribution >= 0.6 is 0 Å². The first-order chi connectivity index (χ1) is 11.1. The summed E-state index contributed by atoms with van der Waals surface area (Å²) in [5.74, 6) is 0.862. The monoisotopic (exact) mass is 317 g/mol. The number of rotatable bonds is 3. The second kappa shape index (κ2) is 6.23. The molecule has 122 valence electrons. The van der Waals surface area contributed by atoms with Crippen LogP contribution < -0.4 is 15.7 Å². The molecular weight excluding hydrogens is 298 g/mol. The number of carbonyl (C=O) groups is 1. The topological polar surface area (TPSA) is 91.0 Å². The van der Waals surface area contributed by atoms with E-state index in [1.165, 1.54) is 11.8 Å². The first-order valence-electron chi connectivity index (χ1n) is 7.52. The van der Waals surface area contributed by atoms with Crippen LogP contribution in [0.15, 0.2) is 23.1 Å². The van der Waals surface area contributed by atoms with Gasteiger partial charge in [-0.3, -0.25) is 9.36 Å². The highest BCUT2D eigenvalue weighted by atomic mass is 16.5. The quantitative estimate of drug-likeness (QED) is 0.868. The van der Waals surface area contributed by atoms with Crippen LogP contribution in [0.3, 0.4) is 0 Å². The molecule has 1 aliphatic heterocycles. The number of amides is 1. The molecule has 0 aliphatic carbocycles. The summed E-state index contributed by atoms with van der Waals surface area (Å²) in [5, 5.41) is 7.23. The summed E-state index contributed by atoms with van der Waals surface area (Å²) in [4.78, 5) is 28.4. The van der Waals surface area contributed by atoms with Gasteiger partial charge in [0.15, 0.2) is 0 Å². The van der Waals surface area contributed by atoms with Gasteiger partial charge in [0.1, 0.15) is 11.4 Å². The predicted octanol–water partition coefficient (Wildman–Crippen LogP) is 0.120. The van der Waals surface area contributed by atoms with Gasteiger partial charge in [-0.1, -0.05) is 0 Å². The van der Waals surface area contributed by atoms with Crippen molar-refractivity contribution in [1.82, 2.24) is 24.6 Å². The van der Waals surface area contributed by atoms with Crippen molar-refractivity contribution >= 4 is 5.91 Å². The summed E-state index contributed by atoms with van der Waals surface area (Å²) in [6.45, 7) is 0.553. The predicted molar refractivity (Wildman–Crippen MR) is 82.4 cm³/mol. The number of aryl methyl sites for hydroxylation is 2. The molecule has 0 bridgehead atoms. The van der Waals surface area contributed by atoms with E-state index >= 15 is 0 Å². The Morgan fingerprint density at radius 3 is 3.04 bits per heavy atom. The average molecular weight is 317 g/mol. The molecular formula is C15H19N5O3. The molecule has 1 atom stereocenters. The van der Waals surface area contributed by atoms with Crippen LogP contribution in [0.1, 0.15) is 29.0 Å². The minimum Gasteiger partial charge on any atom is -0.480 e. The summed E-state index contributed by atoms with van der Waals surface area (Å²) in [6.07, 6.45) is 3.67. The minimum absolute atomic E-state index is 0.0150. The number of fused-ring (bicyclic) bond motifs is 1. The molecule has 8 nitrogen and oxygen atoms in total. The fourth-order valence-corrected chi connectivity index (χ4v) is 2.83. The molecule has 3 heterocycles. The number of pyridine rings is 1. The van der Waals surface area contributed by atoms with E-state index in [0.29, 0.717) is 30.8 Å². The minimum atomic E-state index is -0.215. The molecule has 0 saturated carbocycles. The van der Waals surface area contributed by atoms with E-state index < -0.39 is 0 Å². The number of nitrogens with zero attached hydrogens (tertiary/aromatic N) is 4. The van der Waals surface area contributed by atoms with Crippen LogP contribution in [-0.4, -0.2) is 38.4 Å². The Hall–Kier alpha value is -2.64. The van der Waals surface area contributed by atoms with Crippen LogP contribution in [0.2, 0.25) is 0 Å². The number of methoxy groups -OCH3 is 1. The van der Waals surface area contributed by atoms with E-state index in [-0.39, 0.29) is 17.6 Å². The third-order valence-electron chi connectivity index (χ3n) is 4.05. The van der Waals surface area contributed by atoms with Crippen molar-refractivity contribution in [2.75, 3.05) is 7.11 Å². The van der Waals surface area contributed by atoms with Crippen molar-refractivity contribution in [1.29, 1.82) is 0 Å². The fraction of sp³-hybridized carbons (Fsp3) is 0.467. The highest BCUT2D eigenvalue weighted by Crippen LogP contribution is 2.16. The molecule has 1 aliphatic rings. The molecule has 0 spiro atoms. The lowest BCUT2D eigenvalue weighted by Gasteiger charge is -2.16. The highest BCUT2D eigenvalue weighted by molar-refractivity contribution is 5.96. The van der Waals surface area contributed by atoms with Crippen molar-refractivity contribution in [2.24, 2.45) is 7.05 Å². The Labute approximate surface area is 133 Å². The number of hydrogen-bond donors (Lipinski definition) is 1. The standard InChI is InChI=1S/C15H19N5O3/c1-19-15(22)20-9-7-10(5-6-12(20)18-19)17-13(21)11-4-3-8-16-14(11)23-2/h3-4,8,10H,5-7,9H2,1-2H3,(H,17,21). The van der Waals surface area contributed by atoms with Gasteiger partial charge in [-0.25, -0.2) is 14.5 Å². The summed E-state index contributed by atoms with van der Waals surface area (Å²) in [6, 6.07) is 3.36. The maximum atomic E-state index is 12.4. The Bertz CT molecular complexity index is 780. The number of aromatic nitrogens is 4. The highest BCUT2D eigenvalue weighted by Gasteiger charge is 2.22. The van der Waals surface area contributed by atoms with Gasteiger partial charge in [0, 0.05) is 32.3 Å². The summed E-state index contributed by atoms with van der Waals surface area (Å²) in [5.41, 5.74) is 0.300. The van der Waals surface area contributed by atoms with Crippen molar-refractivity contribution < 1.29 is 9.53 Å². The van der Waals surface area contributed by atoms with E-state index in [9.17, 15) is 9.59 Å². The van der Waals surface area contributed by atoms with Gasteiger partial charge in [-0.15, -0.1) is 0 Å². The van der Waals surface area contributed by atoms with Crippen molar-refractivity contribution in [3.63, 3.8) is 0 Å². The third-order valence-corrected chi connectivity index (χ3v) is 4.05. The largest absolute Gasteiger partial charge is 0.480 e. The average Bonchev–Trinajstić information content (AvgIpc) is 2.72. The second-order valence-corrected chi connectivity index (χ2v) is 5.53. The lowest BCUT2D eigenvalue weighted by molar-refractivity contribution is 0.0929. The van der Waals surface area contributed by atoms with E-state index in [4.69, 9.17) is 4.74 Å². The third kappa shape index (κ3) is 2.96. The Balaban J connectivity index is 1.70. The number of ether oxygens (including phenoxy) is 1. The maximum Gasteiger partial charge on any atom is 0.345 e. The Morgan fingerprint density at radius 2 is 2.26 bits per heavy atom. The van der Waals surface area contributed by atoms with Crippen LogP contribution in [0.5, 0.6) is 5.88 Å². The molecule has 3 rings (SSSR count). The number of hydrogen-bond acceptors (Lipinski definition) is 5. The fourth-order valence-electron chi connectivity index (χ4n) is 2.83. The van der Waals surface area contributed by atoms with Gasteiger partial charge < -0.3 is 10.1 Å². The van der Waals surface area contributed by atoms with Crippen molar-refractivity contribution in [3.8, 4) is 5.88 Å². The first kappa shape index (κ1) is 15.3. The van der Waals surface area contributed by atoms with E-state index in [0.717, 1.165) is 12.2 Å². The molecule has 1 unspecified atom stereocenters. The molecule has 1 amide bonds. The summed E-state index contributed by atoms with van der Waals surface area (Å²) in [7, 11) is 3.14. The maximum absolute atomic E-state index is 12.4. The zero-order valence-corrected chi connectivity index (χ0v) is 13.2. The molecule has 1 N–H and O–H groups in total. The van der Waals surface area contributed by atoms with Crippen LogP contribution in [-0.2, 0) is 20.0 Å². The van der Waals surface area contributed by atoms with Gasteiger partial charge in [0.05, 0.1) is 7.11 Å². The molecule has 2 aromatic rings. The molecule has 2 aromatic heterocycles. The molecule has 23 heavy (non-hydrogen) atoms. The summed E-state index contributed by atoms with van der Waals surface area (Å²) >= 11 is 0.